The molecule has 218 valence electrons. The molecule has 1 saturated heterocycles. The lowest BCUT2D eigenvalue weighted by Crippen LogP contribution is -2.59. The summed E-state index contributed by atoms with van der Waals surface area (Å²) in [5, 5.41) is 17.6. The smallest absolute Gasteiger partial charge is 0.320 e. The zero-order chi connectivity index (χ0) is 30.0. The summed E-state index contributed by atoms with van der Waals surface area (Å²) < 4.78 is 0. The topological polar surface area (TPSA) is 136 Å². The van der Waals surface area contributed by atoms with Crippen LogP contribution in [0.2, 0.25) is 0 Å². The van der Waals surface area contributed by atoms with Crippen LogP contribution in [0, 0.1) is 5.92 Å². The Morgan fingerprint density at radius 1 is 0.929 bits per heavy atom. The van der Waals surface area contributed by atoms with Crippen LogP contribution in [-0.2, 0) is 14.4 Å². The maximum atomic E-state index is 13.9. The van der Waals surface area contributed by atoms with E-state index in [2.05, 4.69) is 10.6 Å². The Balaban J connectivity index is 1.33. The fourth-order valence-corrected chi connectivity index (χ4v) is 5.74. The molecule has 3 aromatic carbocycles. The van der Waals surface area contributed by atoms with Crippen molar-refractivity contribution in [2.45, 2.75) is 44.8 Å². The lowest BCUT2D eigenvalue weighted by atomic mass is 9.97. The number of hydrogen-bond acceptors (Lipinski definition) is 6. The maximum Gasteiger partial charge on any atom is 0.320 e. The molecule has 3 atom stereocenters. The Morgan fingerprint density at radius 3 is 2.10 bits per heavy atom. The normalized spacial score (nSPS) is 18.3. The number of nitrogens with one attached hydrogen (secondary N) is 2. The number of fused-ring (bicyclic) bond motifs is 2. The lowest BCUT2D eigenvalue weighted by molar-refractivity contribution is -0.147. The first-order chi connectivity index (χ1) is 20.2. The summed E-state index contributed by atoms with van der Waals surface area (Å²) in [4.78, 5) is 68.0. The quantitative estimate of drug-likeness (QED) is 0.319. The van der Waals surface area contributed by atoms with Crippen LogP contribution in [0.1, 0.15) is 59.0 Å². The van der Waals surface area contributed by atoms with Crippen LogP contribution in [0.5, 0.6) is 0 Å². The summed E-state index contributed by atoms with van der Waals surface area (Å²) in [5.41, 5.74) is 1.25. The van der Waals surface area contributed by atoms with Crippen molar-refractivity contribution in [1.29, 1.82) is 0 Å². The summed E-state index contributed by atoms with van der Waals surface area (Å²) in [6, 6.07) is 16.9. The van der Waals surface area contributed by atoms with Gasteiger partial charge in [-0.2, -0.15) is 0 Å². The van der Waals surface area contributed by atoms with Crippen molar-refractivity contribution in [3.05, 3.63) is 83.4 Å². The molecule has 5 rings (SSSR count). The second-order valence-corrected chi connectivity index (χ2v) is 11.2. The van der Waals surface area contributed by atoms with Gasteiger partial charge in [0.1, 0.15) is 12.1 Å². The second kappa shape index (κ2) is 12.1. The van der Waals surface area contributed by atoms with Gasteiger partial charge in [0.05, 0.1) is 17.2 Å². The number of nitrogens with zero attached hydrogens (tertiary/aromatic N) is 2. The van der Waals surface area contributed by atoms with Crippen LogP contribution >= 0.6 is 0 Å². The first-order valence-electron chi connectivity index (χ1n) is 14.2. The first-order valence-corrected chi connectivity index (χ1v) is 14.2. The van der Waals surface area contributed by atoms with Crippen LogP contribution in [0.4, 0.5) is 0 Å². The number of carbonyl (C=O) groups is 5. The van der Waals surface area contributed by atoms with Gasteiger partial charge in [0.2, 0.25) is 11.8 Å². The molecular formula is C32H34N4O6. The van der Waals surface area contributed by atoms with Crippen LogP contribution in [0.15, 0.2) is 66.7 Å². The Morgan fingerprint density at radius 2 is 1.52 bits per heavy atom. The third-order valence-corrected chi connectivity index (χ3v) is 7.79. The zero-order valence-corrected chi connectivity index (χ0v) is 23.6. The van der Waals surface area contributed by atoms with Gasteiger partial charge in [0.25, 0.3) is 11.8 Å². The van der Waals surface area contributed by atoms with Gasteiger partial charge in [-0.15, -0.1) is 0 Å². The van der Waals surface area contributed by atoms with Crippen LogP contribution in [0.3, 0.4) is 0 Å². The number of carbonyl (C=O) groups excluding carboxylic acids is 4. The second-order valence-electron chi connectivity index (χ2n) is 11.2. The van der Waals surface area contributed by atoms with Gasteiger partial charge >= 0.3 is 5.97 Å². The SMILES string of the molecule is CC(C)CC(N[C@H](CCN1C(=O)c2cc3ccccc3cc2C1=O)C(=O)O)C(=O)N1CCNC(=O)[C@@H]1c1ccccc1. The Hall–Kier alpha value is -4.57. The lowest BCUT2D eigenvalue weighted by Gasteiger charge is -2.38. The molecule has 2 aliphatic heterocycles. The Kier molecular flexibility index (Phi) is 8.35. The van der Waals surface area contributed by atoms with Gasteiger partial charge in [-0.1, -0.05) is 68.4 Å². The minimum atomic E-state index is -1.21. The monoisotopic (exact) mass is 570 g/mol. The number of carboxylic acids is 1. The molecule has 2 heterocycles. The molecule has 0 bridgehead atoms. The van der Waals surface area contributed by atoms with E-state index < -0.39 is 35.9 Å². The molecule has 1 unspecified atom stereocenters. The average molecular weight is 571 g/mol. The molecule has 3 aromatic rings. The van der Waals surface area contributed by atoms with Crippen molar-refractivity contribution < 1.29 is 29.1 Å². The molecule has 10 nitrogen and oxygen atoms in total. The highest BCUT2D eigenvalue weighted by molar-refractivity contribution is 6.23. The third-order valence-electron chi connectivity index (χ3n) is 7.79. The van der Waals surface area contributed by atoms with Crippen molar-refractivity contribution in [3.63, 3.8) is 0 Å². The summed E-state index contributed by atoms with van der Waals surface area (Å²) in [6.07, 6.45) is 0.243. The maximum absolute atomic E-state index is 13.9. The van der Waals surface area contributed by atoms with E-state index in [0.29, 0.717) is 29.7 Å². The highest BCUT2D eigenvalue weighted by Gasteiger charge is 2.40. The van der Waals surface area contributed by atoms with Crippen molar-refractivity contribution in [3.8, 4) is 0 Å². The van der Waals surface area contributed by atoms with Crippen molar-refractivity contribution >= 4 is 40.4 Å². The molecular weight excluding hydrogens is 536 g/mol. The predicted octanol–water partition coefficient (Wildman–Crippen LogP) is 2.98. The van der Waals surface area contributed by atoms with Crippen molar-refractivity contribution in [2.75, 3.05) is 19.6 Å². The highest BCUT2D eigenvalue weighted by Crippen LogP contribution is 2.29. The van der Waals surface area contributed by atoms with E-state index in [0.717, 1.165) is 15.7 Å². The van der Waals surface area contributed by atoms with Crippen molar-refractivity contribution in [1.82, 2.24) is 20.4 Å². The molecule has 4 amide bonds. The summed E-state index contributed by atoms with van der Waals surface area (Å²) in [6.45, 7) is 4.30. The molecule has 0 aliphatic carbocycles. The Bertz CT molecular complexity index is 1480. The van der Waals surface area contributed by atoms with Gasteiger partial charge in [0.15, 0.2) is 0 Å². The van der Waals surface area contributed by atoms with E-state index in [1.807, 2.05) is 44.2 Å². The fourth-order valence-electron chi connectivity index (χ4n) is 5.74. The number of amides is 4. The van der Waals surface area contributed by atoms with E-state index in [4.69, 9.17) is 0 Å². The molecule has 0 saturated carbocycles. The highest BCUT2D eigenvalue weighted by atomic mass is 16.4. The largest absolute Gasteiger partial charge is 0.480 e. The average Bonchev–Trinajstić information content (AvgIpc) is 3.20. The number of benzene rings is 3. The van der Waals surface area contributed by atoms with Crippen LogP contribution in [-0.4, -0.2) is 76.2 Å². The van der Waals surface area contributed by atoms with Crippen LogP contribution < -0.4 is 10.6 Å². The molecule has 2 aliphatic rings. The van der Waals surface area contributed by atoms with Gasteiger partial charge in [-0.25, -0.2) is 0 Å². The van der Waals surface area contributed by atoms with E-state index in [9.17, 15) is 29.1 Å². The van der Waals surface area contributed by atoms with Crippen molar-refractivity contribution in [2.24, 2.45) is 5.92 Å². The van der Waals surface area contributed by atoms with E-state index >= 15 is 0 Å². The van der Waals surface area contributed by atoms with Gasteiger partial charge in [0, 0.05) is 19.6 Å². The van der Waals surface area contributed by atoms with Crippen LogP contribution in [0.25, 0.3) is 10.8 Å². The summed E-state index contributed by atoms with van der Waals surface area (Å²) in [7, 11) is 0. The van der Waals surface area contributed by atoms with Gasteiger partial charge in [-0.3, -0.25) is 34.2 Å². The summed E-state index contributed by atoms with van der Waals surface area (Å²) >= 11 is 0. The Labute approximate surface area is 243 Å². The fraction of sp³-hybridized carbons (Fsp3) is 0.344. The third kappa shape index (κ3) is 5.75. The predicted molar refractivity (Wildman–Crippen MR) is 156 cm³/mol. The number of imide groups is 1. The molecule has 1 fully saturated rings. The summed E-state index contributed by atoms with van der Waals surface area (Å²) in [5.74, 6) is -2.76. The number of rotatable bonds is 10. The molecule has 0 spiro atoms. The molecule has 0 radical (unpaired) electrons. The first kappa shape index (κ1) is 28.9. The van der Waals surface area contributed by atoms with E-state index in [1.54, 1.807) is 36.4 Å². The molecule has 10 heteroatoms. The zero-order valence-electron chi connectivity index (χ0n) is 23.6. The van der Waals surface area contributed by atoms with Gasteiger partial charge in [-0.05, 0) is 47.2 Å². The van der Waals surface area contributed by atoms with E-state index in [1.165, 1.54) is 4.90 Å². The molecule has 3 N–H and O–H groups in total. The van der Waals surface area contributed by atoms with Gasteiger partial charge < -0.3 is 15.3 Å². The minimum absolute atomic E-state index is 0.0417. The molecule has 42 heavy (non-hydrogen) atoms. The number of carboxylic acid groups (broad SMARTS) is 1. The molecule has 0 aromatic heterocycles. The minimum Gasteiger partial charge on any atom is -0.480 e. The standard InChI is InChI=1S/C32H34N4O6/c1-19(2)16-26(31(40)35-15-13-33-28(37)27(35)20-8-4-3-5-9-20)34-25(32(41)42)12-14-36-29(38)23-17-21-10-6-7-11-22(21)18-24(23)30(36)39/h3-11,17-19,25-27,34H,12-16H2,1-2H3,(H,33,37)(H,41,42)/t25-,26?,27+/m1/s1. The number of aliphatic carboxylic acids is 1. The number of hydrogen-bond donors (Lipinski definition) is 3. The van der Waals surface area contributed by atoms with E-state index in [-0.39, 0.29) is 37.2 Å². The number of piperazine rings is 1.